The maximum atomic E-state index is 4.97. The summed E-state index contributed by atoms with van der Waals surface area (Å²) in [7, 11) is 0. The summed E-state index contributed by atoms with van der Waals surface area (Å²) in [4.78, 5) is 16.6. The second-order valence-electron chi connectivity index (χ2n) is 9.56. The Labute approximate surface area is 204 Å². The largest absolute Gasteiger partial charge is 0.341 e. The number of nitrogens with one attached hydrogen (secondary N) is 4. The molecule has 1 fully saturated rings. The van der Waals surface area contributed by atoms with E-state index in [1.54, 1.807) is 0 Å². The quantitative estimate of drug-likeness (QED) is 0.211. The average Bonchev–Trinajstić information content (AvgIpc) is 3.60. The van der Waals surface area contributed by atoms with Gasteiger partial charge in [0.05, 0.1) is 34.7 Å². The second kappa shape index (κ2) is 9.18. The van der Waals surface area contributed by atoms with Crippen molar-refractivity contribution in [1.29, 1.82) is 0 Å². The average molecular weight is 463 g/mol. The summed E-state index contributed by atoms with van der Waals surface area (Å²) in [5.41, 5.74) is 6.08. The highest BCUT2D eigenvalue weighted by atomic mass is 15.1. The van der Waals surface area contributed by atoms with Gasteiger partial charge in [-0.25, -0.2) is 9.97 Å². The first-order chi connectivity index (χ1) is 17.2. The molecule has 3 heterocycles. The molecular formula is C29H30N6. The van der Waals surface area contributed by atoms with Gasteiger partial charge in [-0.1, -0.05) is 30.9 Å². The van der Waals surface area contributed by atoms with Crippen LogP contribution in [0.15, 0.2) is 48.5 Å². The van der Waals surface area contributed by atoms with Crippen LogP contribution in [0.4, 0.5) is 0 Å². The van der Waals surface area contributed by atoms with Gasteiger partial charge in [0.1, 0.15) is 11.6 Å². The number of fused-ring (bicyclic) bond motifs is 4. The number of benzene rings is 3. The molecule has 3 aromatic carbocycles. The Bertz CT molecular complexity index is 1580. The molecule has 4 N–H and O–H groups in total. The lowest BCUT2D eigenvalue weighted by molar-refractivity contribution is 0.565. The van der Waals surface area contributed by atoms with Crippen molar-refractivity contribution >= 4 is 32.8 Å². The number of hydrogen-bond acceptors (Lipinski definition) is 4. The lowest BCUT2D eigenvalue weighted by atomic mass is 10.1. The third kappa shape index (κ3) is 4.41. The minimum atomic E-state index is 0.313. The van der Waals surface area contributed by atoms with E-state index in [1.165, 1.54) is 6.42 Å². The summed E-state index contributed by atoms with van der Waals surface area (Å²) < 4.78 is 0. The summed E-state index contributed by atoms with van der Waals surface area (Å²) in [6.45, 7) is 6.14. The Morgan fingerprint density at radius 3 is 2.63 bits per heavy atom. The lowest BCUT2D eigenvalue weighted by Crippen LogP contribution is -2.21. The van der Waals surface area contributed by atoms with Crippen LogP contribution in [0.3, 0.4) is 0 Å². The molecule has 0 spiro atoms. The summed E-state index contributed by atoms with van der Waals surface area (Å²) in [6, 6.07) is 17.7. The van der Waals surface area contributed by atoms with Gasteiger partial charge in [-0.15, -0.1) is 0 Å². The molecular weight excluding hydrogens is 432 g/mol. The van der Waals surface area contributed by atoms with Crippen LogP contribution < -0.4 is 10.6 Å². The number of hydrogen-bond donors (Lipinski definition) is 4. The predicted molar refractivity (Wildman–Crippen MR) is 142 cm³/mol. The van der Waals surface area contributed by atoms with Crippen molar-refractivity contribution in [2.75, 3.05) is 6.54 Å². The van der Waals surface area contributed by atoms with E-state index in [1.807, 2.05) is 12.1 Å². The van der Waals surface area contributed by atoms with Crippen LogP contribution >= 0.6 is 0 Å². The van der Waals surface area contributed by atoms with Gasteiger partial charge in [0.25, 0.3) is 0 Å². The number of aromatic amines is 2. The summed E-state index contributed by atoms with van der Waals surface area (Å²) in [5.74, 6) is 8.65. The van der Waals surface area contributed by atoms with Gasteiger partial charge in [-0.3, -0.25) is 0 Å². The van der Waals surface area contributed by atoms with Crippen LogP contribution in [0.2, 0.25) is 0 Å². The Morgan fingerprint density at radius 1 is 0.943 bits per heavy atom. The predicted octanol–water partition coefficient (Wildman–Crippen LogP) is 5.30. The van der Waals surface area contributed by atoms with Gasteiger partial charge in [0, 0.05) is 22.6 Å². The molecule has 0 bridgehead atoms. The topological polar surface area (TPSA) is 81.4 Å². The smallest absolute Gasteiger partial charge is 0.124 e. The van der Waals surface area contributed by atoms with Crippen molar-refractivity contribution in [1.82, 2.24) is 30.6 Å². The fourth-order valence-electron chi connectivity index (χ4n) is 4.96. The van der Waals surface area contributed by atoms with Crippen LogP contribution in [0, 0.1) is 11.8 Å². The van der Waals surface area contributed by atoms with E-state index in [4.69, 9.17) is 4.98 Å². The zero-order valence-corrected chi connectivity index (χ0v) is 20.2. The maximum absolute atomic E-state index is 4.97. The van der Waals surface area contributed by atoms with Crippen molar-refractivity contribution in [3.63, 3.8) is 0 Å². The van der Waals surface area contributed by atoms with Crippen LogP contribution in [0.5, 0.6) is 0 Å². The van der Waals surface area contributed by atoms with Gasteiger partial charge in [-0.05, 0) is 74.5 Å². The van der Waals surface area contributed by atoms with Crippen molar-refractivity contribution in [3.05, 3.63) is 71.3 Å². The zero-order valence-electron chi connectivity index (χ0n) is 20.2. The van der Waals surface area contributed by atoms with Gasteiger partial charge >= 0.3 is 0 Å². The standard InChI is InChI=1S/C29H30N6/c1-3-14-30-17-27-32-23-12-8-20(16-26(23)33-27)6-5-19-7-10-22-21(15-19)9-13-24-28(22)35-29(34-24)25-11-4-18(2)31-25/h7-10,12-13,15-16,18,25,30-31H,3-4,11,14,17H2,1-2H3,(H,32,33)(H,34,35)/t18-,25-/m0/s1. The van der Waals surface area contributed by atoms with Gasteiger partial charge in [-0.2, -0.15) is 0 Å². The molecule has 6 rings (SSSR count). The SMILES string of the molecule is CCCNCc1nc2ccc(C#Cc3ccc4c(ccc5[nH]c([C@@H]6CC[C@H](C)N6)nc54)c3)cc2[nH]1. The first kappa shape index (κ1) is 21.8. The Balaban J connectivity index is 1.25. The normalized spacial score (nSPS) is 17.9. The number of nitrogens with zero attached hydrogens (tertiary/aromatic N) is 2. The van der Waals surface area contributed by atoms with Crippen LogP contribution in [-0.4, -0.2) is 32.5 Å². The summed E-state index contributed by atoms with van der Waals surface area (Å²) >= 11 is 0. The fraction of sp³-hybridized carbons (Fsp3) is 0.310. The number of aromatic nitrogens is 4. The maximum Gasteiger partial charge on any atom is 0.124 e. The third-order valence-corrected chi connectivity index (χ3v) is 6.79. The van der Waals surface area contributed by atoms with E-state index >= 15 is 0 Å². The molecule has 1 aliphatic rings. The zero-order chi connectivity index (χ0) is 23.8. The molecule has 5 aromatic rings. The number of H-pyrrole nitrogens is 2. The van der Waals surface area contributed by atoms with E-state index in [-0.39, 0.29) is 0 Å². The van der Waals surface area contributed by atoms with Crippen LogP contribution in [-0.2, 0) is 6.54 Å². The van der Waals surface area contributed by atoms with Crippen molar-refractivity contribution in [2.45, 2.75) is 51.7 Å². The molecule has 0 unspecified atom stereocenters. The second-order valence-corrected chi connectivity index (χ2v) is 9.56. The van der Waals surface area contributed by atoms with Crippen LogP contribution in [0.25, 0.3) is 32.8 Å². The van der Waals surface area contributed by atoms with E-state index in [9.17, 15) is 0 Å². The molecule has 6 heteroatoms. The van der Waals surface area contributed by atoms with Crippen molar-refractivity contribution in [2.24, 2.45) is 0 Å². The van der Waals surface area contributed by atoms with E-state index in [0.29, 0.717) is 12.1 Å². The monoisotopic (exact) mass is 462 g/mol. The van der Waals surface area contributed by atoms with Gasteiger partial charge in [0.2, 0.25) is 0 Å². The highest BCUT2D eigenvalue weighted by Gasteiger charge is 2.24. The molecule has 176 valence electrons. The molecule has 35 heavy (non-hydrogen) atoms. The van der Waals surface area contributed by atoms with Crippen LogP contribution in [0.1, 0.15) is 61.9 Å². The molecule has 0 aliphatic carbocycles. The molecule has 1 saturated heterocycles. The van der Waals surface area contributed by atoms with E-state index in [2.05, 4.69) is 87.7 Å². The summed E-state index contributed by atoms with van der Waals surface area (Å²) in [6.07, 6.45) is 3.43. The van der Waals surface area contributed by atoms with Gasteiger partial charge < -0.3 is 20.6 Å². The lowest BCUT2D eigenvalue weighted by Gasteiger charge is -2.07. The third-order valence-electron chi connectivity index (χ3n) is 6.79. The fourth-order valence-corrected chi connectivity index (χ4v) is 4.96. The highest BCUT2D eigenvalue weighted by molar-refractivity contribution is 6.04. The Kier molecular flexibility index (Phi) is 5.73. The van der Waals surface area contributed by atoms with Crippen molar-refractivity contribution in [3.8, 4) is 11.8 Å². The summed E-state index contributed by atoms with van der Waals surface area (Å²) in [5, 5.41) is 9.32. The number of imidazole rings is 2. The number of rotatable bonds is 5. The Morgan fingerprint density at radius 2 is 1.80 bits per heavy atom. The molecule has 0 radical (unpaired) electrons. The molecule has 6 nitrogen and oxygen atoms in total. The minimum Gasteiger partial charge on any atom is -0.341 e. The van der Waals surface area contributed by atoms with Crippen molar-refractivity contribution < 1.29 is 0 Å². The molecule has 1 aliphatic heterocycles. The highest BCUT2D eigenvalue weighted by Crippen LogP contribution is 2.29. The molecule has 0 amide bonds. The van der Waals surface area contributed by atoms with E-state index < -0.39 is 0 Å². The van der Waals surface area contributed by atoms with Gasteiger partial charge in [0.15, 0.2) is 0 Å². The van der Waals surface area contributed by atoms with E-state index in [0.717, 1.165) is 81.5 Å². The minimum absolute atomic E-state index is 0.313. The molecule has 2 atom stereocenters. The first-order valence-corrected chi connectivity index (χ1v) is 12.6. The molecule has 0 saturated carbocycles. The Hall–Kier alpha value is -3.66. The molecule has 2 aromatic heterocycles. The first-order valence-electron chi connectivity index (χ1n) is 12.6.